The molecule has 3 aromatic rings. The average Bonchev–Trinajstić information content (AvgIpc) is 3.22. The minimum atomic E-state index is -0.197. The summed E-state index contributed by atoms with van der Waals surface area (Å²) in [5.74, 6) is -0.197. The molecule has 0 saturated heterocycles. The summed E-state index contributed by atoms with van der Waals surface area (Å²) in [5, 5.41) is 2.13. The number of rotatable bonds is 11. The Morgan fingerprint density at radius 1 is 1.12 bits per heavy atom. The summed E-state index contributed by atoms with van der Waals surface area (Å²) in [5.41, 5.74) is 12.7. The number of hydrazine groups is 1. The molecule has 0 radical (unpaired) electrons. The van der Waals surface area contributed by atoms with Gasteiger partial charge in [-0.15, -0.1) is 0 Å². The first-order valence-corrected chi connectivity index (χ1v) is 12.2. The maximum atomic E-state index is 13.3. The molecule has 1 aromatic heterocycles. The molecule has 1 aliphatic carbocycles. The zero-order chi connectivity index (χ0) is 23.2. The fraction of sp³-hybridized carbons (Fsp3) is 0.393. The quantitative estimate of drug-likeness (QED) is 0.273. The molecule has 4 nitrogen and oxygen atoms in total. The van der Waals surface area contributed by atoms with E-state index < -0.39 is 0 Å². The summed E-state index contributed by atoms with van der Waals surface area (Å²) >= 11 is 0. The number of anilines is 1. The number of allylic oxidation sites excluding steroid dienone is 1. The largest absolute Gasteiger partial charge is 0.308 e. The summed E-state index contributed by atoms with van der Waals surface area (Å²) in [6, 6.07) is 11.2. The van der Waals surface area contributed by atoms with Crippen molar-refractivity contribution in [3.05, 3.63) is 82.7 Å². The Labute approximate surface area is 197 Å². The standard InChI is InChI=1S/C28H35FN4/c1-4-17-33(25-11-9-24(29)10-12-25)31-16-6-7-22(5-2)18-23-8-15-28(27-14-13-26(23)27)32-19-21(3)30-20-32/h8-12,15,18-20,31H,4-7,13-14,16-17H2,1-3H3/b22-18-. The molecule has 0 fully saturated rings. The van der Waals surface area contributed by atoms with Crippen molar-refractivity contribution < 1.29 is 4.39 Å². The van der Waals surface area contributed by atoms with Crippen LogP contribution in [0.15, 0.2) is 54.5 Å². The summed E-state index contributed by atoms with van der Waals surface area (Å²) in [7, 11) is 0. The molecule has 2 aromatic carbocycles. The molecule has 5 heteroatoms. The molecule has 0 spiro atoms. The second kappa shape index (κ2) is 10.8. The van der Waals surface area contributed by atoms with Crippen LogP contribution in [-0.4, -0.2) is 22.6 Å². The lowest BCUT2D eigenvalue weighted by atomic mass is 9.82. The first-order chi connectivity index (χ1) is 16.1. The lowest BCUT2D eigenvalue weighted by Gasteiger charge is -2.26. The van der Waals surface area contributed by atoms with Crippen molar-refractivity contribution in [3.8, 4) is 5.69 Å². The zero-order valence-corrected chi connectivity index (χ0v) is 20.1. The van der Waals surface area contributed by atoms with E-state index in [-0.39, 0.29) is 5.82 Å². The number of fused-ring (bicyclic) bond motifs is 1. The number of hydrogen-bond acceptors (Lipinski definition) is 3. The number of benzene rings is 2. The second-order valence-electron chi connectivity index (χ2n) is 8.85. The maximum Gasteiger partial charge on any atom is 0.123 e. The van der Waals surface area contributed by atoms with Crippen molar-refractivity contribution in [2.75, 3.05) is 18.1 Å². The molecular weight excluding hydrogens is 411 g/mol. The van der Waals surface area contributed by atoms with Gasteiger partial charge in [-0.25, -0.2) is 14.8 Å². The summed E-state index contributed by atoms with van der Waals surface area (Å²) in [6.45, 7) is 8.23. The lowest BCUT2D eigenvalue weighted by molar-refractivity contribution is 0.588. The van der Waals surface area contributed by atoms with E-state index in [1.54, 1.807) is 0 Å². The molecule has 0 saturated carbocycles. The third-order valence-electron chi connectivity index (χ3n) is 6.43. The van der Waals surface area contributed by atoms with Crippen LogP contribution in [0, 0.1) is 12.7 Å². The number of aromatic nitrogens is 2. The Morgan fingerprint density at radius 2 is 1.91 bits per heavy atom. The molecule has 0 unspecified atom stereocenters. The molecule has 174 valence electrons. The van der Waals surface area contributed by atoms with Crippen LogP contribution < -0.4 is 10.4 Å². The topological polar surface area (TPSA) is 33.1 Å². The van der Waals surface area contributed by atoms with Crippen molar-refractivity contribution in [2.24, 2.45) is 0 Å². The van der Waals surface area contributed by atoms with Gasteiger partial charge in [0.15, 0.2) is 0 Å². The summed E-state index contributed by atoms with van der Waals surface area (Å²) < 4.78 is 15.4. The van der Waals surface area contributed by atoms with E-state index in [9.17, 15) is 4.39 Å². The number of hydrogen-bond donors (Lipinski definition) is 1. The van der Waals surface area contributed by atoms with Crippen molar-refractivity contribution in [1.29, 1.82) is 0 Å². The fourth-order valence-electron chi connectivity index (χ4n) is 4.52. The zero-order valence-electron chi connectivity index (χ0n) is 20.1. The molecule has 0 bridgehead atoms. The first kappa shape index (κ1) is 23.2. The van der Waals surface area contributed by atoms with Gasteiger partial charge >= 0.3 is 0 Å². The Hall–Kier alpha value is -2.92. The highest BCUT2D eigenvalue weighted by Gasteiger charge is 2.21. The predicted molar refractivity (Wildman–Crippen MR) is 135 cm³/mol. The Morgan fingerprint density at radius 3 is 2.55 bits per heavy atom. The minimum Gasteiger partial charge on any atom is -0.308 e. The van der Waals surface area contributed by atoms with Crippen molar-refractivity contribution in [1.82, 2.24) is 15.0 Å². The van der Waals surface area contributed by atoms with Gasteiger partial charge in [0.05, 0.1) is 17.7 Å². The summed E-state index contributed by atoms with van der Waals surface area (Å²) in [4.78, 5) is 4.39. The van der Waals surface area contributed by atoms with Crippen molar-refractivity contribution in [3.63, 3.8) is 0 Å². The van der Waals surface area contributed by atoms with E-state index in [2.05, 4.69) is 58.2 Å². The van der Waals surface area contributed by atoms with Gasteiger partial charge in [0.2, 0.25) is 0 Å². The van der Waals surface area contributed by atoms with Gasteiger partial charge in [0.1, 0.15) is 5.82 Å². The fourth-order valence-corrected chi connectivity index (χ4v) is 4.52. The Balaban J connectivity index is 1.37. The van der Waals surface area contributed by atoms with E-state index >= 15 is 0 Å². The highest BCUT2D eigenvalue weighted by Crippen LogP contribution is 2.34. The molecule has 4 rings (SSSR count). The number of nitrogens with zero attached hydrogens (tertiary/aromatic N) is 3. The normalized spacial score (nSPS) is 13.0. The van der Waals surface area contributed by atoms with E-state index in [4.69, 9.17) is 0 Å². The SMILES string of the molecule is CCCN(NCCC/C(=C\c1ccc(-n2cnc(C)c2)c2c1CC2)CC)c1ccc(F)cc1. The molecule has 1 N–H and O–H groups in total. The van der Waals surface area contributed by atoms with Crippen LogP contribution in [0.1, 0.15) is 61.9 Å². The van der Waals surface area contributed by atoms with Gasteiger partial charge in [-0.1, -0.05) is 31.6 Å². The van der Waals surface area contributed by atoms with Crippen LogP contribution in [0.5, 0.6) is 0 Å². The second-order valence-corrected chi connectivity index (χ2v) is 8.85. The molecule has 1 heterocycles. The minimum absolute atomic E-state index is 0.197. The molecule has 0 aliphatic heterocycles. The van der Waals surface area contributed by atoms with Crippen molar-refractivity contribution >= 4 is 11.8 Å². The van der Waals surface area contributed by atoms with E-state index in [1.165, 1.54) is 40.1 Å². The third kappa shape index (κ3) is 5.53. The van der Waals surface area contributed by atoms with Gasteiger partial charge in [0.25, 0.3) is 0 Å². The van der Waals surface area contributed by atoms with Gasteiger partial charge in [-0.3, -0.25) is 0 Å². The Kier molecular flexibility index (Phi) is 7.61. The van der Waals surface area contributed by atoms with Crippen LogP contribution in [0.3, 0.4) is 0 Å². The molecule has 0 amide bonds. The van der Waals surface area contributed by atoms with Crippen molar-refractivity contribution in [2.45, 2.75) is 59.3 Å². The lowest BCUT2D eigenvalue weighted by Crippen LogP contribution is -2.39. The van der Waals surface area contributed by atoms with E-state index in [0.717, 1.165) is 63.0 Å². The number of halogens is 1. The molecular formula is C28H35FN4. The van der Waals surface area contributed by atoms with E-state index in [0.29, 0.717) is 0 Å². The number of nitrogens with one attached hydrogen (secondary N) is 1. The molecule has 0 atom stereocenters. The number of imidazole rings is 1. The van der Waals surface area contributed by atoms with Gasteiger partial charge < -0.3 is 9.58 Å². The monoisotopic (exact) mass is 446 g/mol. The Bertz CT molecular complexity index is 1100. The van der Waals surface area contributed by atoms with Gasteiger partial charge in [-0.05, 0) is 92.5 Å². The van der Waals surface area contributed by atoms with Gasteiger partial charge in [-0.2, -0.15) is 0 Å². The average molecular weight is 447 g/mol. The molecule has 1 aliphatic rings. The predicted octanol–water partition coefficient (Wildman–Crippen LogP) is 6.41. The van der Waals surface area contributed by atoms with Crippen LogP contribution >= 0.6 is 0 Å². The highest BCUT2D eigenvalue weighted by atomic mass is 19.1. The highest BCUT2D eigenvalue weighted by molar-refractivity contribution is 5.65. The van der Waals surface area contributed by atoms with Crippen LogP contribution in [0.4, 0.5) is 10.1 Å². The maximum absolute atomic E-state index is 13.3. The van der Waals surface area contributed by atoms with Crippen LogP contribution in [-0.2, 0) is 12.8 Å². The van der Waals surface area contributed by atoms with Crippen LogP contribution in [0.2, 0.25) is 0 Å². The van der Waals surface area contributed by atoms with E-state index in [1.807, 2.05) is 25.4 Å². The summed E-state index contributed by atoms with van der Waals surface area (Å²) in [6.07, 6.45) is 13.0. The first-order valence-electron chi connectivity index (χ1n) is 12.2. The number of aryl methyl sites for hydroxylation is 1. The van der Waals surface area contributed by atoms with Gasteiger partial charge in [0, 0.05) is 25.0 Å². The molecule has 33 heavy (non-hydrogen) atoms. The smallest absolute Gasteiger partial charge is 0.123 e. The van der Waals surface area contributed by atoms with Crippen LogP contribution in [0.25, 0.3) is 11.8 Å². The third-order valence-corrected chi connectivity index (χ3v) is 6.43.